The maximum Gasteiger partial charge on any atom is 0.254 e. The zero-order chi connectivity index (χ0) is 15.4. The predicted molar refractivity (Wildman–Crippen MR) is 85.3 cm³/mol. The standard InChI is InChI=1S/C18H17FN2O/c19-16-8-3-2-7-15(16)18(22)20-11-5-12-21-13-10-14-6-1-4-9-17(14)21/h1-4,6-10,13H,5,11-12H2,(H,20,22). The molecule has 1 amide bonds. The molecule has 1 aromatic heterocycles. The van der Waals surface area contributed by atoms with Crippen LogP contribution in [0.1, 0.15) is 16.8 Å². The van der Waals surface area contributed by atoms with Crippen LogP contribution in [-0.2, 0) is 6.54 Å². The number of hydrogen-bond donors (Lipinski definition) is 1. The molecule has 112 valence electrons. The lowest BCUT2D eigenvalue weighted by atomic mass is 10.2. The van der Waals surface area contributed by atoms with Crippen LogP contribution in [0, 0.1) is 5.82 Å². The summed E-state index contributed by atoms with van der Waals surface area (Å²) in [4.78, 5) is 11.9. The maximum atomic E-state index is 13.5. The van der Waals surface area contributed by atoms with E-state index in [0.717, 1.165) is 13.0 Å². The fraction of sp³-hybridized carbons (Fsp3) is 0.167. The van der Waals surface area contributed by atoms with Crippen molar-refractivity contribution >= 4 is 16.8 Å². The number of aryl methyl sites for hydroxylation is 1. The minimum absolute atomic E-state index is 0.0916. The first kappa shape index (κ1) is 14.3. The molecule has 0 aliphatic carbocycles. The smallest absolute Gasteiger partial charge is 0.254 e. The predicted octanol–water partition coefficient (Wildman–Crippen LogP) is 3.60. The van der Waals surface area contributed by atoms with Crippen LogP contribution in [0.4, 0.5) is 4.39 Å². The Hall–Kier alpha value is -2.62. The number of nitrogens with zero attached hydrogens (tertiary/aromatic N) is 1. The number of halogens is 1. The van der Waals surface area contributed by atoms with Gasteiger partial charge in [-0.1, -0.05) is 30.3 Å². The van der Waals surface area contributed by atoms with Crippen LogP contribution in [0.3, 0.4) is 0 Å². The average Bonchev–Trinajstić information content (AvgIpc) is 2.95. The summed E-state index contributed by atoms with van der Waals surface area (Å²) in [6, 6.07) is 16.3. The summed E-state index contributed by atoms with van der Waals surface area (Å²) in [7, 11) is 0. The number of hydrogen-bond acceptors (Lipinski definition) is 1. The first-order valence-electron chi connectivity index (χ1n) is 7.32. The number of para-hydroxylation sites is 1. The molecule has 3 aromatic rings. The Labute approximate surface area is 128 Å². The highest BCUT2D eigenvalue weighted by atomic mass is 19.1. The first-order chi connectivity index (χ1) is 10.8. The molecule has 4 heteroatoms. The zero-order valence-electron chi connectivity index (χ0n) is 12.1. The number of benzene rings is 2. The topological polar surface area (TPSA) is 34.0 Å². The highest BCUT2D eigenvalue weighted by Crippen LogP contribution is 2.15. The van der Waals surface area contributed by atoms with Gasteiger partial charge in [0, 0.05) is 24.8 Å². The molecule has 0 atom stereocenters. The van der Waals surface area contributed by atoms with E-state index < -0.39 is 5.82 Å². The van der Waals surface area contributed by atoms with Gasteiger partial charge in [-0.3, -0.25) is 4.79 Å². The molecule has 3 nitrogen and oxygen atoms in total. The van der Waals surface area contributed by atoms with E-state index >= 15 is 0 Å². The molecule has 0 aliphatic rings. The highest BCUT2D eigenvalue weighted by Gasteiger charge is 2.09. The molecule has 0 bridgehead atoms. The molecule has 22 heavy (non-hydrogen) atoms. The van der Waals surface area contributed by atoms with Gasteiger partial charge in [0.05, 0.1) is 5.56 Å². The SMILES string of the molecule is O=C(NCCCn1ccc2ccccc21)c1ccccc1F. The van der Waals surface area contributed by atoms with Gasteiger partial charge in [-0.05, 0) is 36.1 Å². The monoisotopic (exact) mass is 296 g/mol. The Morgan fingerprint density at radius 1 is 1.05 bits per heavy atom. The lowest BCUT2D eigenvalue weighted by molar-refractivity contribution is 0.0949. The number of aromatic nitrogens is 1. The highest BCUT2D eigenvalue weighted by molar-refractivity contribution is 5.94. The molecule has 0 fully saturated rings. The van der Waals surface area contributed by atoms with Gasteiger partial charge >= 0.3 is 0 Å². The molecule has 0 saturated carbocycles. The lowest BCUT2D eigenvalue weighted by Crippen LogP contribution is -2.26. The van der Waals surface area contributed by atoms with Crippen molar-refractivity contribution in [3.05, 3.63) is 72.2 Å². The Bertz CT molecular complexity index is 794. The number of carbonyl (C=O) groups is 1. The van der Waals surface area contributed by atoms with Crippen LogP contribution in [0.2, 0.25) is 0 Å². The quantitative estimate of drug-likeness (QED) is 0.717. The Morgan fingerprint density at radius 3 is 2.68 bits per heavy atom. The summed E-state index contributed by atoms with van der Waals surface area (Å²) in [6.45, 7) is 1.32. The van der Waals surface area contributed by atoms with Crippen molar-refractivity contribution in [2.45, 2.75) is 13.0 Å². The normalized spacial score (nSPS) is 10.8. The number of nitrogens with one attached hydrogen (secondary N) is 1. The number of fused-ring (bicyclic) bond motifs is 1. The van der Waals surface area contributed by atoms with Crippen LogP contribution >= 0.6 is 0 Å². The van der Waals surface area contributed by atoms with Gasteiger partial charge in [0.15, 0.2) is 0 Å². The van der Waals surface area contributed by atoms with Gasteiger partial charge in [-0.25, -0.2) is 4.39 Å². The molecular weight excluding hydrogens is 279 g/mol. The minimum atomic E-state index is -0.489. The third kappa shape index (κ3) is 3.01. The zero-order valence-corrected chi connectivity index (χ0v) is 12.1. The summed E-state index contributed by atoms with van der Waals surface area (Å²) in [5.74, 6) is -0.855. The molecule has 0 unspecified atom stereocenters. The van der Waals surface area contributed by atoms with E-state index in [4.69, 9.17) is 0 Å². The van der Waals surface area contributed by atoms with Crippen molar-refractivity contribution in [2.75, 3.05) is 6.54 Å². The fourth-order valence-electron chi connectivity index (χ4n) is 2.53. The van der Waals surface area contributed by atoms with Gasteiger partial charge in [0.2, 0.25) is 0 Å². The molecule has 0 radical (unpaired) electrons. The number of carbonyl (C=O) groups excluding carboxylic acids is 1. The van der Waals surface area contributed by atoms with Crippen molar-refractivity contribution in [1.29, 1.82) is 0 Å². The van der Waals surface area contributed by atoms with Crippen molar-refractivity contribution in [3.63, 3.8) is 0 Å². The van der Waals surface area contributed by atoms with E-state index in [2.05, 4.69) is 28.1 Å². The average molecular weight is 296 g/mol. The summed E-state index contributed by atoms with van der Waals surface area (Å²) >= 11 is 0. The van der Waals surface area contributed by atoms with Crippen molar-refractivity contribution in [3.8, 4) is 0 Å². The molecule has 1 heterocycles. The lowest BCUT2D eigenvalue weighted by Gasteiger charge is -2.08. The van der Waals surface area contributed by atoms with Gasteiger partial charge < -0.3 is 9.88 Å². The van der Waals surface area contributed by atoms with E-state index in [9.17, 15) is 9.18 Å². The van der Waals surface area contributed by atoms with E-state index in [1.54, 1.807) is 12.1 Å². The molecule has 3 rings (SSSR count). The molecule has 1 N–H and O–H groups in total. The maximum absolute atomic E-state index is 13.5. The van der Waals surface area contributed by atoms with Gasteiger partial charge in [0.1, 0.15) is 5.82 Å². The van der Waals surface area contributed by atoms with Crippen molar-refractivity contribution in [1.82, 2.24) is 9.88 Å². The van der Waals surface area contributed by atoms with Crippen LogP contribution in [0.25, 0.3) is 10.9 Å². The number of rotatable bonds is 5. The second-order valence-electron chi connectivity index (χ2n) is 5.16. The molecule has 0 spiro atoms. The first-order valence-corrected chi connectivity index (χ1v) is 7.32. The largest absolute Gasteiger partial charge is 0.352 e. The second-order valence-corrected chi connectivity index (χ2v) is 5.16. The van der Waals surface area contributed by atoms with Crippen LogP contribution < -0.4 is 5.32 Å². The molecular formula is C18H17FN2O. The van der Waals surface area contributed by atoms with E-state index in [1.807, 2.05) is 18.3 Å². The van der Waals surface area contributed by atoms with Crippen molar-refractivity contribution in [2.24, 2.45) is 0 Å². The van der Waals surface area contributed by atoms with Gasteiger partial charge in [-0.15, -0.1) is 0 Å². The minimum Gasteiger partial charge on any atom is -0.352 e. The summed E-state index contributed by atoms with van der Waals surface area (Å²) in [5, 5.41) is 3.96. The second kappa shape index (κ2) is 6.43. The third-order valence-corrected chi connectivity index (χ3v) is 3.66. The van der Waals surface area contributed by atoms with Gasteiger partial charge in [0.25, 0.3) is 5.91 Å². The summed E-state index contributed by atoms with van der Waals surface area (Å²) in [5.41, 5.74) is 1.27. The molecule has 0 saturated heterocycles. The number of amides is 1. The Balaban J connectivity index is 1.54. The fourth-order valence-corrected chi connectivity index (χ4v) is 2.53. The van der Waals surface area contributed by atoms with Crippen molar-refractivity contribution < 1.29 is 9.18 Å². The van der Waals surface area contributed by atoms with E-state index in [-0.39, 0.29) is 11.5 Å². The van der Waals surface area contributed by atoms with E-state index in [1.165, 1.54) is 23.0 Å². The summed E-state index contributed by atoms with van der Waals surface area (Å²) in [6.07, 6.45) is 2.84. The van der Waals surface area contributed by atoms with E-state index in [0.29, 0.717) is 6.54 Å². The van der Waals surface area contributed by atoms with Crippen LogP contribution in [0.15, 0.2) is 60.8 Å². The third-order valence-electron chi connectivity index (χ3n) is 3.66. The van der Waals surface area contributed by atoms with Gasteiger partial charge in [-0.2, -0.15) is 0 Å². The molecule has 0 aliphatic heterocycles. The Kier molecular flexibility index (Phi) is 4.19. The molecule has 2 aromatic carbocycles. The van der Waals surface area contributed by atoms with Crippen LogP contribution in [0.5, 0.6) is 0 Å². The summed E-state index contributed by atoms with van der Waals surface area (Å²) < 4.78 is 15.6. The Morgan fingerprint density at radius 2 is 1.82 bits per heavy atom. The van der Waals surface area contributed by atoms with Crippen LogP contribution in [-0.4, -0.2) is 17.0 Å².